The number of Topliss-reactive ketones (excluding diaryl/α,β-unsaturated/α-hetero) is 1. The van der Waals surface area contributed by atoms with E-state index < -0.39 is 0 Å². The van der Waals surface area contributed by atoms with Gasteiger partial charge < -0.3 is 10.8 Å². The van der Waals surface area contributed by atoms with E-state index in [1.807, 2.05) is 0 Å². The standard InChI is InChI=1S/C10H12ClNO2/c1-6-7(11)2-3-8(13)10(6)9(14)4-5-12/h2-3,13H,4-5,12H2,1H3. The average molecular weight is 214 g/mol. The fourth-order valence-corrected chi connectivity index (χ4v) is 1.44. The largest absolute Gasteiger partial charge is 0.507 e. The monoisotopic (exact) mass is 213 g/mol. The minimum absolute atomic E-state index is 0.0367. The summed E-state index contributed by atoms with van der Waals surface area (Å²) in [6.45, 7) is 1.97. The van der Waals surface area contributed by atoms with E-state index in [0.29, 0.717) is 10.6 Å². The van der Waals surface area contributed by atoms with Crippen molar-refractivity contribution in [3.8, 4) is 5.75 Å². The highest BCUT2D eigenvalue weighted by molar-refractivity contribution is 6.32. The number of halogens is 1. The number of nitrogens with two attached hydrogens (primary N) is 1. The van der Waals surface area contributed by atoms with Crippen molar-refractivity contribution in [3.63, 3.8) is 0 Å². The summed E-state index contributed by atoms with van der Waals surface area (Å²) in [5.41, 5.74) is 6.15. The third-order valence-electron chi connectivity index (χ3n) is 2.03. The van der Waals surface area contributed by atoms with Crippen LogP contribution in [0, 0.1) is 6.92 Å². The number of ketones is 1. The van der Waals surface area contributed by atoms with Crippen LogP contribution in [0.15, 0.2) is 12.1 Å². The van der Waals surface area contributed by atoms with E-state index in [2.05, 4.69) is 0 Å². The highest BCUT2D eigenvalue weighted by Crippen LogP contribution is 2.27. The third kappa shape index (κ3) is 2.05. The number of carbonyl (C=O) groups is 1. The van der Waals surface area contributed by atoms with Crippen LogP contribution in [-0.4, -0.2) is 17.4 Å². The van der Waals surface area contributed by atoms with Crippen LogP contribution < -0.4 is 5.73 Å². The molecule has 3 nitrogen and oxygen atoms in total. The van der Waals surface area contributed by atoms with Gasteiger partial charge in [0.15, 0.2) is 5.78 Å². The second kappa shape index (κ2) is 4.44. The molecular formula is C10H12ClNO2. The number of hydrogen-bond donors (Lipinski definition) is 2. The first-order valence-corrected chi connectivity index (χ1v) is 4.67. The molecule has 0 bridgehead atoms. The number of phenolic OH excluding ortho intramolecular Hbond substituents is 1. The Kier molecular flexibility index (Phi) is 3.49. The molecule has 0 aromatic heterocycles. The third-order valence-corrected chi connectivity index (χ3v) is 2.44. The van der Waals surface area contributed by atoms with E-state index >= 15 is 0 Å². The smallest absolute Gasteiger partial charge is 0.168 e. The molecule has 1 aromatic carbocycles. The molecular weight excluding hydrogens is 202 g/mol. The molecule has 0 spiro atoms. The van der Waals surface area contributed by atoms with E-state index in [4.69, 9.17) is 17.3 Å². The molecule has 0 saturated carbocycles. The maximum absolute atomic E-state index is 11.5. The summed E-state index contributed by atoms with van der Waals surface area (Å²) in [5.74, 6) is -0.213. The van der Waals surface area contributed by atoms with Crippen molar-refractivity contribution in [2.75, 3.05) is 6.54 Å². The van der Waals surface area contributed by atoms with Crippen molar-refractivity contribution in [3.05, 3.63) is 28.3 Å². The Bertz CT molecular complexity index is 363. The van der Waals surface area contributed by atoms with Gasteiger partial charge in [0.05, 0.1) is 5.56 Å². The van der Waals surface area contributed by atoms with Gasteiger partial charge in [-0.05, 0) is 31.2 Å². The van der Waals surface area contributed by atoms with Gasteiger partial charge in [0.2, 0.25) is 0 Å². The minimum Gasteiger partial charge on any atom is -0.507 e. The van der Waals surface area contributed by atoms with Crippen LogP contribution in [0.4, 0.5) is 0 Å². The lowest BCUT2D eigenvalue weighted by Gasteiger charge is -2.08. The van der Waals surface area contributed by atoms with Crippen LogP contribution in [0.2, 0.25) is 5.02 Å². The predicted octanol–water partition coefficient (Wildman–Crippen LogP) is 1.89. The number of benzene rings is 1. The Morgan fingerprint density at radius 3 is 2.79 bits per heavy atom. The first-order valence-electron chi connectivity index (χ1n) is 4.29. The SMILES string of the molecule is Cc1c(Cl)ccc(O)c1C(=O)CCN. The summed E-state index contributed by atoms with van der Waals surface area (Å²) in [6.07, 6.45) is 0.217. The molecule has 0 unspecified atom stereocenters. The summed E-state index contributed by atoms with van der Waals surface area (Å²) in [7, 11) is 0. The number of phenols is 1. The lowest BCUT2D eigenvalue weighted by molar-refractivity contribution is 0.0982. The normalized spacial score (nSPS) is 10.2. The lowest BCUT2D eigenvalue weighted by atomic mass is 10.0. The summed E-state index contributed by atoms with van der Waals surface area (Å²) < 4.78 is 0. The number of hydrogen-bond acceptors (Lipinski definition) is 3. The molecule has 0 amide bonds. The van der Waals surface area contributed by atoms with Gasteiger partial charge in [0.1, 0.15) is 5.75 Å². The second-order valence-corrected chi connectivity index (χ2v) is 3.44. The molecule has 4 heteroatoms. The molecule has 0 aliphatic carbocycles. The first-order chi connectivity index (χ1) is 6.57. The van der Waals surface area contributed by atoms with Crippen molar-refractivity contribution in [2.24, 2.45) is 5.73 Å². The topological polar surface area (TPSA) is 63.3 Å². The van der Waals surface area contributed by atoms with Crippen LogP contribution in [0.1, 0.15) is 22.3 Å². The summed E-state index contributed by atoms with van der Waals surface area (Å²) in [6, 6.07) is 2.98. The Morgan fingerprint density at radius 1 is 1.57 bits per heavy atom. The van der Waals surface area contributed by atoms with Crippen LogP contribution in [0.3, 0.4) is 0 Å². The molecule has 0 radical (unpaired) electrons. The van der Waals surface area contributed by atoms with Crippen LogP contribution >= 0.6 is 11.6 Å². The highest BCUT2D eigenvalue weighted by atomic mass is 35.5. The van der Waals surface area contributed by atoms with Crippen molar-refractivity contribution < 1.29 is 9.90 Å². The average Bonchev–Trinajstić information content (AvgIpc) is 2.13. The zero-order valence-electron chi connectivity index (χ0n) is 7.88. The van der Waals surface area contributed by atoms with Gasteiger partial charge in [-0.15, -0.1) is 0 Å². The first kappa shape index (κ1) is 11.0. The molecule has 0 atom stereocenters. The summed E-state index contributed by atoms with van der Waals surface area (Å²) in [4.78, 5) is 11.5. The highest BCUT2D eigenvalue weighted by Gasteiger charge is 2.15. The molecule has 0 fully saturated rings. The number of carbonyl (C=O) groups excluding carboxylic acids is 1. The molecule has 1 aromatic rings. The fourth-order valence-electron chi connectivity index (χ4n) is 1.28. The van der Waals surface area contributed by atoms with E-state index in [1.165, 1.54) is 6.07 Å². The zero-order chi connectivity index (χ0) is 10.7. The zero-order valence-corrected chi connectivity index (χ0v) is 8.64. The molecule has 0 aliphatic heterocycles. The van der Waals surface area contributed by atoms with Gasteiger partial charge in [-0.1, -0.05) is 11.6 Å². The minimum atomic E-state index is -0.176. The quantitative estimate of drug-likeness (QED) is 0.754. The second-order valence-electron chi connectivity index (χ2n) is 3.03. The van der Waals surface area contributed by atoms with Crippen LogP contribution in [0.5, 0.6) is 5.75 Å². The Hall–Kier alpha value is -1.06. The van der Waals surface area contributed by atoms with Crippen molar-refractivity contribution in [1.82, 2.24) is 0 Å². The fraction of sp³-hybridized carbons (Fsp3) is 0.300. The van der Waals surface area contributed by atoms with Crippen molar-refractivity contribution in [2.45, 2.75) is 13.3 Å². The molecule has 1 rings (SSSR count). The van der Waals surface area contributed by atoms with E-state index in [-0.39, 0.29) is 30.1 Å². The number of aromatic hydroxyl groups is 1. The molecule has 3 N–H and O–H groups in total. The lowest BCUT2D eigenvalue weighted by Crippen LogP contribution is -2.09. The van der Waals surface area contributed by atoms with Gasteiger partial charge in [0.25, 0.3) is 0 Å². The Balaban J connectivity index is 3.18. The summed E-state index contributed by atoms with van der Waals surface area (Å²) >= 11 is 5.84. The van der Waals surface area contributed by atoms with Gasteiger partial charge in [-0.25, -0.2) is 0 Å². The Morgan fingerprint density at radius 2 is 2.21 bits per heavy atom. The van der Waals surface area contributed by atoms with E-state index in [9.17, 15) is 9.90 Å². The number of rotatable bonds is 3. The Labute approximate surface area is 87.5 Å². The molecule has 14 heavy (non-hydrogen) atoms. The molecule has 0 saturated heterocycles. The molecule has 0 aliphatic rings. The maximum atomic E-state index is 11.5. The van der Waals surface area contributed by atoms with Crippen LogP contribution in [0.25, 0.3) is 0 Å². The maximum Gasteiger partial charge on any atom is 0.168 e. The van der Waals surface area contributed by atoms with Gasteiger partial charge >= 0.3 is 0 Å². The van der Waals surface area contributed by atoms with E-state index in [0.717, 1.165) is 0 Å². The van der Waals surface area contributed by atoms with Gasteiger partial charge in [0, 0.05) is 11.4 Å². The van der Waals surface area contributed by atoms with Crippen molar-refractivity contribution in [1.29, 1.82) is 0 Å². The predicted molar refractivity (Wildman–Crippen MR) is 55.9 cm³/mol. The van der Waals surface area contributed by atoms with Crippen LogP contribution in [-0.2, 0) is 0 Å². The van der Waals surface area contributed by atoms with Crippen molar-refractivity contribution >= 4 is 17.4 Å². The summed E-state index contributed by atoms with van der Waals surface area (Å²) in [5, 5.41) is 9.97. The molecule has 76 valence electrons. The van der Waals surface area contributed by atoms with E-state index in [1.54, 1.807) is 13.0 Å². The van der Waals surface area contributed by atoms with Gasteiger partial charge in [-0.2, -0.15) is 0 Å². The van der Waals surface area contributed by atoms with Gasteiger partial charge in [-0.3, -0.25) is 4.79 Å². The molecule has 0 heterocycles.